The molecule has 1 saturated heterocycles. The molecule has 36 heavy (non-hydrogen) atoms. The molecule has 1 N–H and O–H groups in total. The van der Waals surface area contributed by atoms with Gasteiger partial charge in [-0.3, -0.25) is 14.5 Å². The Morgan fingerprint density at radius 1 is 1.03 bits per heavy atom. The Kier molecular flexibility index (Phi) is 5.84. The van der Waals surface area contributed by atoms with E-state index < -0.39 is 23.5 Å². The lowest BCUT2D eigenvalue weighted by atomic mass is 9.94. The smallest absolute Gasteiger partial charge is 0.301 e. The highest BCUT2D eigenvalue weighted by atomic mass is 32.1. The van der Waals surface area contributed by atoms with Crippen LogP contribution in [0.25, 0.3) is 16.0 Å². The summed E-state index contributed by atoms with van der Waals surface area (Å²) in [4.78, 5) is 34.7. The van der Waals surface area contributed by atoms with E-state index in [0.29, 0.717) is 16.3 Å². The van der Waals surface area contributed by atoms with Crippen LogP contribution >= 0.6 is 11.3 Å². The number of aliphatic hydroxyl groups is 1. The second-order valence-electron chi connectivity index (χ2n) is 9.09. The van der Waals surface area contributed by atoms with E-state index in [2.05, 4.69) is 4.98 Å². The Balaban J connectivity index is 1.72. The number of hydrogen-bond donors (Lipinski definition) is 1. The summed E-state index contributed by atoms with van der Waals surface area (Å²) < 4.78 is 14.8. The topological polar surface area (TPSA) is 73.7 Å². The second-order valence-corrected chi connectivity index (χ2v) is 10.1. The number of fused-ring (bicyclic) bond motifs is 1. The third-order valence-electron chi connectivity index (χ3n) is 6.34. The molecule has 1 aromatic heterocycles. The highest BCUT2D eigenvalue weighted by molar-refractivity contribution is 7.22. The number of thiazole rings is 1. The maximum Gasteiger partial charge on any atom is 0.301 e. The Morgan fingerprint density at radius 2 is 1.75 bits per heavy atom. The number of aryl methyl sites for hydroxylation is 2. The van der Waals surface area contributed by atoms with Gasteiger partial charge in [-0.1, -0.05) is 29.5 Å². The molecule has 1 unspecified atom stereocenters. The minimum absolute atomic E-state index is 0.0564. The summed E-state index contributed by atoms with van der Waals surface area (Å²) in [5.41, 5.74) is 3.90. The maximum absolute atomic E-state index is 13.9. The third-order valence-corrected chi connectivity index (χ3v) is 7.36. The van der Waals surface area contributed by atoms with Crippen molar-refractivity contribution in [2.45, 2.75) is 19.9 Å². The molecule has 0 bridgehead atoms. The van der Waals surface area contributed by atoms with Crippen LogP contribution in [-0.4, -0.2) is 35.9 Å². The predicted octanol–water partition coefficient (Wildman–Crippen LogP) is 5.74. The zero-order valence-electron chi connectivity index (χ0n) is 20.2. The van der Waals surface area contributed by atoms with Crippen LogP contribution in [-0.2, 0) is 9.59 Å². The molecule has 0 spiro atoms. The summed E-state index contributed by atoms with van der Waals surface area (Å²) in [6.45, 7) is 3.55. The number of benzene rings is 3. The lowest BCUT2D eigenvalue weighted by Gasteiger charge is -2.23. The van der Waals surface area contributed by atoms with E-state index in [-0.39, 0.29) is 16.9 Å². The predicted molar refractivity (Wildman–Crippen MR) is 141 cm³/mol. The van der Waals surface area contributed by atoms with Crippen molar-refractivity contribution in [3.8, 4) is 0 Å². The van der Waals surface area contributed by atoms with E-state index in [1.54, 1.807) is 6.92 Å². The fourth-order valence-electron chi connectivity index (χ4n) is 4.37. The molecule has 1 atom stereocenters. The molecule has 6 nitrogen and oxygen atoms in total. The maximum atomic E-state index is 13.9. The van der Waals surface area contributed by atoms with Crippen molar-refractivity contribution >= 4 is 49.8 Å². The Morgan fingerprint density at radius 3 is 2.42 bits per heavy atom. The fraction of sp³-hybridized carbons (Fsp3) is 0.179. The monoisotopic (exact) mass is 501 g/mol. The summed E-state index contributed by atoms with van der Waals surface area (Å²) in [7, 11) is 3.84. The molecular weight excluding hydrogens is 477 g/mol. The SMILES string of the molecule is Cc1ccc2nc(N3C(=O)C(=O)/C(=C(/O)c4ccc(F)c(C)c4)C3c3ccc(N(C)C)cc3)sc2c1. The molecule has 1 aliphatic heterocycles. The zero-order valence-corrected chi connectivity index (χ0v) is 21.1. The first kappa shape index (κ1) is 23.7. The van der Waals surface area contributed by atoms with E-state index in [1.807, 2.05) is 68.4 Å². The lowest BCUT2D eigenvalue weighted by Crippen LogP contribution is -2.29. The highest BCUT2D eigenvalue weighted by Crippen LogP contribution is 2.44. The van der Waals surface area contributed by atoms with E-state index in [4.69, 9.17) is 0 Å². The molecule has 5 rings (SSSR count). The van der Waals surface area contributed by atoms with Crippen molar-refractivity contribution in [2.75, 3.05) is 23.9 Å². The normalized spacial score (nSPS) is 17.2. The van der Waals surface area contributed by atoms with Gasteiger partial charge in [0.15, 0.2) is 5.13 Å². The van der Waals surface area contributed by atoms with Gasteiger partial charge in [-0.15, -0.1) is 0 Å². The van der Waals surface area contributed by atoms with E-state index in [1.165, 1.54) is 34.4 Å². The molecule has 8 heteroatoms. The number of hydrogen-bond acceptors (Lipinski definition) is 6. The average molecular weight is 502 g/mol. The van der Waals surface area contributed by atoms with Crippen LogP contribution < -0.4 is 9.80 Å². The highest BCUT2D eigenvalue weighted by Gasteiger charge is 2.48. The van der Waals surface area contributed by atoms with Gasteiger partial charge in [0.05, 0.1) is 21.8 Å². The second kappa shape index (κ2) is 8.87. The van der Waals surface area contributed by atoms with Crippen LogP contribution in [0.1, 0.15) is 28.3 Å². The number of ketones is 1. The van der Waals surface area contributed by atoms with Gasteiger partial charge in [0.25, 0.3) is 5.78 Å². The van der Waals surface area contributed by atoms with Gasteiger partial charge in [0.2, 0.25) is 0 Å². The number of amides is 1. The number of anilines is 2. The van der Waals surface area contributed by atoms with Gasteiger partial charge in [-0.05, 0) is 73.0 Å². The molecule has 4 aromatic rings. The first-order chi connectivity index (χ1) is 17.2. The Hall–Kier alpha value is -4.04. The van der Waals surface area contributed by atoms with Crippen molar-refractivity contribution in [1.29, 1.82) is 0 Å². The van der Waals surface area contributed by atoms with Crippen LogP contribution in [0.2, 0.25) is 0 Å². The van der Waals surface area contributed by atoms with Gasteiger partial charge >= 0.3 is 5.91 Å². The number of rotatable bonds is 4. The van der Waals surface area contributed by atoms with Gasteiger partial charge in [0.1, 0.15) is 11.6 Å². The fourth-order valence-corrected chi connectivity index (χ4v) is 5.46. The van der Waals surface area contributed by atoms with Crippen LogP contribution in [0, 0.1) is 19.7 Å². The number of halogens is 1. The van der Waals surface area contributed by atoms with Crippen LogP contribution in [0.3, 0.4) is 0 Å². The van der Waals surface area contributed by atoms with Gasteiger partial charge < -0.3 is 10.0 Å². The molecule has 2 heterocycles. The first-order valence-electron chi connectivity index (χ1n) is 11.4. The molecule has 0 radical (unpaired) electrons. The van der Waals surface area contributed by atoms with E-state index in [0.717, 1.165) is 21.5 Å². The van der Waals surface area contributed by atoms with E-state index in [9.17, 15) is 19.1 Å². The number of carbonyl (C=O) groups excluding carboxylic acids is 2. The van der Waals surface area contributed by atoms with Gasteiger partial charge in [-0.2, -0.15) is 0 Å². The molecule has 1 aliphatic rings. The number of Topliss-reactive ketones (excluding diaryl/α,β-unsaturated/α-hetero) is 1. The summed E-state index contributed by atoms with van der Waals surface area (Å²) in [6, 6.07) is 16.4. The van der Waals surface area contributed by atoms with Crippen molar-refractivity contribution in [3.05, 3.63) is 94.3 Å². The van der Waals surface area contributed by atoms with Crippen LogP contribution in [0.5, 0.6) is 0 Å². The number of nitrogens with zero attached hydrogens (tertiary/aromatic N) is 3. The average Bonchev–Trinajstić information content (AvgIpc) is 3.38. The molecule has 182 valence electrons. The first-order valence-corrected chi connectivity index (χ1v) is 12.2. The molecule has 0 aliphatic carbocycles. The van der Waals surface area contributed by atoms with Crippen molar-refractivity contribution in [2.24, 2.45) is 0 Å². The zero-order chi connectivity index (χ0) is 25.7. The van der Waals surface area contributed by atoms with Crippen molar-refractivity contribution in [3.63, 3.8) is 0 Å². The van der Waals surface area contributed by atoms with Crippen molar-refractivity contribution < 1.29 is 19.1 Å². The summed E-state index contributed by atoms with van der Waals surface area (Å²) in [5, 5.41) is 11.6. The molecule has 1 fully saturated rings. The Bertz CT molecular complexity index is 1560. The van der Waals surface area contributed by atoms with Crippen LogP contribution in [0.4, 0.5) is 15.2 Å². The Labute approximate surface area is 211 Å². The quantitative estimate of drug-likeness (QED) is 0.219. The van der Waals surface area contributed by atoms with Crippen LogP contribution in [0.15, 0.2) is 66.2 Å². The molecule has 1 amide bonds. The lowest BCUT2D eigenvalue weighted by molar-refractivity contribution is -0.132. The summed E-state index contributed by atoms with van der Waals surface area (Å²) in [6.07, 6.45) is 0. The third kappa shape index (κ3) is 3.93. The molecule has 0 saturated carbocycles. The van der Waals surface area contributed by atoms with Crippen molar-refractivity contribution in [1.82, 2.24) is 4.98 Å². The molecular formula is C28H24FN3O3S. The number of aliphatic hydroxyl groups excluding tert-OH is 1. The number of aromatic nitrogens is 1. The summed E-state index contributed by atoms with van der Waals surface area (Å²) >= 11 is 1.31. The minimum atomic E-state index is -0.895. The minimum Gasteiger partial charge on any atom is -0.507 e. The molecule has 3 aromatic carbocycles. The number of carbonyl (C=O) groups is 2. The van der Waals surface area contributed by atoms with Gasteiger partial charge in [-0.25, -0.2) is 9.37 Å². The largest absolute Gasteiger partial charge is 0.507 e. The standard InChI is InChI=1S/C28H24FN3O3S/c1-15-5-12-21-22(13-15)36-28(30-21)32-24(17-6-9-19(10-7-17)31(3)4)23(26(34)27(32)35)25(33)18-8-11-20(29)16(2)14-18/h5-14,24,33H,1-4H3/b25-23+. The van der Waals surface area contributed by atoms with E-state index >= 15 is 0 Å². The summed E-state index contributed by atoms with van der Waals surface area (Å²) in [5.74, 6) is -2.36. The van der Waals surface area contributed by atoms with Gasteiger partial charge in [0, 0.05) is 25.3 Å².